The van der Waals surface area contributed by atoms with E-state index in [9.17, 15) is 0 Å². The first-order chi connectivity index (χ1) is 13.2. The number of aromatic nitrogens is 1. The third-order valence-electron chi connectivity index (χ3n) is 4.17. The Bertz CT molecular complexity index is 890. The lowest BCUT2D eigenvalue weighted by atomic mass is 10.0. The van der Waals surface area contributed by atoms with E-state index in [1.807, 2.05) is 41.8 Å². The summed E-state index contributed by atoms with van der Waals surface area (Å²) >= 11 is 1.41. The number of rotatable bonds is 8. The van der Waals surface area contributed by atoms with E-state index in [1.165, 1.54) is 11.5 Å². The minimum atomic E-state index is 0.618. The van der Waals surface area contributed by atoms with Gasteiger partial charge in [0, 0.05) is 22.6 Å². The summed E-state index contributed by atoms with van der Waals surface area (Å²) < 4.78 is 26.7. The number of methoxy groups -OCH3 is 3. The monoisotopic (exact) mass is 385 g/mol. The summed E-state index contributed by atoms with van der Waals surface area (Å²) in [4.78, 5) is 0. The number of benzene rings is 2. The van der Waals surface area contributed by atoms with Crippen molar-refractivity contribution < 1.29 is 18.9 Å². The van der Waals surface area contributed by atoms with E-state index in [-0.39, 0.29) is 0 Å². The van der Waals surface area contributed by atoms with E-state index in [0.29, 0.717) is 23.9 Å². The van der Waals surface area contributed by atoms with E-state index in [1.54, 1.807) is 21.3 Å². The van der Waals surface area contributed by atoms with Crippen LogP contribution in [0.25, 0.3) is 22.4 Å². The van der Waals surface area contributed by atoms with Crippen LogP contribution < -0.4 is 18.9 Å². The van der Waals surface area contributed by atoms with Crippen molar-refractivity contribution in [3.8, 4) is 45.4 Å². The Kier molecular flexibility index (Phi) is 6.19. The summed E-state index contributed by atoms with van der Waals surface area (Å²) in [5.41, 5.74) is 3.81. The lowest BCUT2D eigenvalue weighted by Gasteiger charge is -2.14. The van der Waals surface area contributed by atoms with E-state index < -0.39 is 0 Å². The van der Waals surface area contributed by atoms with Gasteiger partial charge in [-0.3, -0.25) is 0 Å². The molecule has 5 nitrogen and oxygen atoms in total. The highest BCUT2D eigenvalue weighted by Crippen LogP contribution is 2.43. The van der Waals surface area contributed by atoms with E-state index in [0.717, 1.165) is 34.6 Å². The Morgan fingerprint density at radius 1 is 0.852 bits per heavy atom. The molecule has 0 amide bonds. The number of hydrogen-bond donors (Lipinski definition) is 0. The van der Waals surface area contributed by atoms with Crippen molar-refractivity contribution in [2.45, 2.75) is 13.3 Å². The summed E-state index contributed by atoms with van der Waals surface area (Å²) in [6.07, 6.45) is 0.986. The second-order valence-corrected chi connectivity index (χ2v) is 6.49. The molecule has 0 spiro atoms. The fourth-order valence-corrected chi connectivity index (χ4v) is 3.51. The molecule has 0 bridgehead atoms. The Hall–Kier alpha value is -2.73. The second-order valence-electron chi connectivity index (χ2n) is 5.86. The number of nitrogens with zero attached hydrogens (tertiary/aromatic N) is 1. The molecule has 3 aromatic rings. The van der Waals surface area contributed by atoms with Crippen molar-refractivity contribution in [2.24, 2.45) is 0 Å². The predicted octanol–water partition coefficient (Wildman–Crippen LogP) is 5.29. The quantitative estimate of drug-likeness (QED) is 0.527. The highest BCUT2D eigenvalue weighted by molar-refractivity contribution is 7.04. The third-order valence-corrected chi connectivity index (χ3v) is 4.80. The van der Waals surface area contributed by atoms with Gasteiger partial charge in [0.15, 0.2) is 11.5 Å². The molecule has 3 rings (SSSR count). The van der Waals surface area contributed by atoms with Crippen LogP contribution in [-0.4, -0.2) is 32.3 Å². The van der Waals surface area contributed by atoms with Gasteiger partial charge in [-0.2, -0.15) is 4.37 Å². The molecule has 0 aliphatic rings. The molecule has 0 saturated carbocycles. The molecule has 1 aromatic heterocycles. The van der Waals surface area contributed by atoms with Crippen molar-refractivity contribution in [3.05, 3.63) is 41.8 Å². The molecule has 0 N–H and O–H groups in total. The summed E-state index contributed by atoms with van der Waals surface area (Å²) in [5.74, 6) is 2.81. The maximum absolute atomic E-state index is 5.67. The van der Waals surface area contributed by atoms with Gasteiger partial charge in [0.1, 0.15) is 11.5 Å². The van der Waals surface area contributed by atoms with Gasteiger partial charge < -0.3 is 18.9 Å². The van der Waals surface area contributed by atoms with Gasteiger partial charge in [0.2, 0.25) is 0 Å². The lowest BCUT2D eigenvalue weighted by molar-refractivity contribution is 0.317. The summed E-state index contributed by atoms with van der Waals surface area (Å²) in [5, 5.41) is 2.04. The van der Waals surface area contributed by atoms with Crippen LogP contribution in [0.2, 0.25) is 0 Å². The van der Waals surface area contributed by atoms with E-state index in [4.69, 9.17) is 18.9 Å². The molecular weight excluding hydrogens is 362 g/mol. The molecule has 0 radical (unpaired) electrons. The molecule has 0 atom stereocenters. The number of hydrogen-bond acceptors (Lipinski definition) is 6. The molecule has 2 aromatic carbocycles. The summed E-state index contributed by atoms with van der Waals surface area (Å²) in [6, 6.07) is 11.8. The van der Waals surface area contributed by atoms with E-state index >= 15 is 0 Å². The minimum Gasteiger partial charge on any atom is -0.496 e. The van der Waals surface area contributed by atoms with Crippen LogP contribution in [0.5, 0.6) is 23.0 Å². The fraction of sp³-hybridized carbons (Fsp3) is 0.286. The van der Waals surface area contributed by atoms with Crippen molar-refractivity contribution in [1.29, 1.82) is 0 Å². The van der Waals surface area contributed by atoms with Crippen molar-refractivity contribution in [1.82, 2.24) is 4.37 Å². The van der Waals surface area contributed by atoms with Crippen LogP contribution in [0.4, 0.5) is 0 Å². The Morgan fingerprint density at radius 2 is 1.52 bits per heavy atom. The molecular formula is C21H23NO4S. The van der Waals surface area contributed by atoms with Gasteiger partial charge in [0.05, 0.1) is 33.6 Å². The Labute approximate surface area is 163 Å². The summed E-state index contributed by atoms with van der Waals surface area (Å²) in [6.45, 7) is 2.81. The molecule has 6 heteroatoms. The third kappa shape index (κ3) is 4.01. The number of ether oxygens (including phenoxy) is 4. The van der Waals surface area contributed by atoms with Crippen molar-refractivity contribution >= 4 is 11.5 Å². The van der Waals surface area contributed by atoms with Crippen molar-refractivity contribution in [3.63, 3.8) is 0 Å². The molecule has 0 aliphatic carbocycles. The maximum atomic E-state index is 5.67. The average molecular weight is 385 g/mol. The SMILES string of the molecule is CCCOc1ccc(-c2csnc2-c2cc(OC)c(OC)cc2OC)cc1. The van der Waals surface area contributed by atoms with E-state index in [2.05, 4.69) is 11.3 Å². The minimum absolute atomic E-state index is 0.618. The van der Waals surface area contributed by atoms with Gasteiger partial charge in [-0.1, -0.05) is 19.1 Å². The standard InChI is InChI=1S/C21H23NO4S/c1-5-10-26-15-8-6-14(7-9-15)17-13-27-22-21(17)16-11-19(24-3)20(25-4)12-18(16)23-2/h6-9,11-13H,5,10H2,1-4H3. The maximum Gasteiger partial charge on any atom is 0.164 e. The first kappa shape index (κ1) is 19.0. The molecule has 27 heavy (non-hydrogen) atoms. The molecule has 142 valence electrons. The van der Waals surface area contributed by atoms with Gasteiger partial charge in [-0.25, -0.2) is 0 Å². The van der Waals surface area contributed by atoms with Gasteiger partial charge in [0.25, 0.3) is 0 Å². The van der Waals surface area contributed by atoms with Crippen LogP contribution in [0.3, 0.4) is 0 Å². The average Bonchev–Trinajstić information content (AvgIpc) is 3.21. The van der Waals surface area contributed by atoms with Gasteiger partial charge >= 0.3 is 0 Å². The zero-order valence-corrected chi connectivity index (χ0v) is 16.8. The Morgan fingerprint density at radius 3 is 2.15 bits per heavy atom. The zero-order valence-electron chi connectivity index (χ0n) is 15.9. The molecule has 1 heterocycles. The highest BCUT2D eigenvalue weighted by atomic mass is 32.1. The van der Waals surface area contributed by atoms with Crippen LogP contribution in [0.1, 0.15) is 13.3 Å². The largest absolute Gasteiger partial charge is 0.496 e. The van der Waals surface area contributed by atoms with Crippen molar-refractivity contribution in [2.75, 3.05) is 27.9 Å². The first-order valence-corrected chi connectivity index (χ1v) is 9.53. The van der Waals surface area contributed by atoms with Crippen LogP contribution in [-0.2, 0) is 0 Å². The topological polar surface area (TPSA) is 49.8 Å². The molecule has 0 saturated heterocycles. The van der Waals surface area contributed by atoms with Gasteiger partial charge in [-0.15, -0.1) is 0 Å². The highest BCUT2D eigenvalue weighted by Gasteiger charge is 2.19. The molecule has 0 fully saturated rings. The summed E-state index contributed by atoms with van der Waals surface area (Å²) in [7, 11) is 4.86. The lowest BCUT2D eigenvalue weighted by Crippen LogP contribution is -1.96. The fourth-order valence-electron chi connectivity index (χ4n) is 2.80. The van der Waals surface area contributed by atoms with Crippen LogP contribution >= 0.6 is 11.5 Å². The smallest absolute Gasteiger partial charge is 0.164 e. The van der Waals surface area contributed by atoms with Crippen LogP contribution in [0.15, 0.2) is 41.8 Å². The van der Waals surface area contributed by atoms with Gasteiger partial charge in [-0.05, 0) is 41.7 Å². The molecule has 0 aliphatic heterocycles. The normalized spacial score (nSPS) is 10.5. The van der Waals surface area contributed by atoms with Crippen LogP contribution in [0, 0.1) is 0 Å². The first-order valence-electron chi connectivity index (χ1n) is 8.69. The zero-order chi connectivity index (χ0) is 19.2. The predicted molar refractivity (Wildman–Crippen MR) is 108 cm³/mol. The molecule has 0 unspecified atom stereocenters. The second kappa shape index (κ2) is 8.77. The Balaban J connectivity index is 2.02.